The largest absolute Gasteiger partial charge is 0.465 e. The molecule has 1 unspecified atom stereocenters. The molecule has 0 fully saturated rings. The molecule has 1 aromatic heterocycles. The molecular weight excluding hydrogens is 359 g/mol. The van der Waals surface area contributed by atoms with Crippen LogP contribution in [0, 0.1) is 12.7 Å². The van der Waals surface area contributed by atoms with Crippen LogP contribution in [0.25, 0.3) is 0 Å². The molecule has 1 aromatic carbocycles. The summed E-state index contributed by atoms with van der Waals surface area (Å²) in [7, 11) is -4.15. The molecule has 26 heavy (non-hydrogen) atoms. The predicted octanol–water partition coefficient (Wildman–Crippen LogP) is 3.78. The van der Waals surface area contributed by atoms with Gasteiger partial charge in [0.2, 0.25) is 9.84 Å². The van der Waals surface area contributed by atoms with Crippen molar-refractivity contribution in [1.82, 2.24) is 9.88 Å². The van der Waals surface area contributed by atoms with Crippen LogP contribution < -0.4 is 0 Å². The van der Waals surface area contributed by atoms with Crippen LogP contribution in [0.5, 0.6) is 0 Å². The number of halogens is 1. The number of hydrogen-bond acceptors (Lipinski definition) is 4. The molecule has 0 aliphatic heterocycles. The zero-order valence-electron chi connectivity index (χ0n) is 15.0. The lowest BCUT2D eigenvalue weighted by molar-refractivity contribution is 0.0894. The number of carboxylic acid groups (broad SMARTS) is 1. The average Bonchev–Trinajstić information content (AvgIpc) is 2.52. The van der Waals surface area contributed by atoms with Crippen molar-refractivity contribution in [2.45, 2.75) is 43.5 Å². The predicted molar refractivity (Wildman–Crippen MR) is 94.9 cm³/mol. The van der Waals surface area contributed by atoms with Gasteiger partial charge in [0, 0.05) is 5.54 Å². The minimum absolute atomic E-state index is 0.0327. The highest BCUT2D eigenvalue weighted by molar-refractivity contribution is 7.91. The minimum atomic E-state index is -4.15. The van der Waals surface area contributed by atoms with Gasteiger partial charge < -0.3 is 5.11 Å². The summed E-state index contributed by atoms with van der Waals surface area (Å²) >= 11 is 0. The number of sulfone groups is 1. The van der Waals surface area contributed by atoms with Gasteiger partial charge in [-0.1, -0.05) is 17.7 Å². The van der Waals surface area contributed by atoms with Crippen LogP contribution >= 0.6 is 0 Å². The number of pyridine rings is 1. The maximum atomic E-state index is 13.3. The Labute approximate surface area is 152 Å². The zero-order valence-corrected chi connectivity index (χ0v) is 15.8. The Morgan fingerprint density at radius 2 is 1.73 bits per heavy atom. The first kappa shape index (κ1) is 19.8. The number of nitrogens with zero attached hydrogens (tertiary/aromatic N) is 2. The molecule has 2 aromatic rings. The summed E-state index contributed by atoms with van der Waals surface area (Å²) in [5, 5.41) is 8.10. The summed E-state index contributed by atoms with van der Waals surface area (Å²) < 4.78 is 39.8. The third-order valence-electron chi connectivity index (χ3n) is 3.81. The second-order valence-corrected chi connectivity index (χ2v) is 8.94. The molecule has 1 atom stereocenters. The van der Waals surface area contributed by atoms with Crippen molar-refractivity contribution in [3.05, 3.63) is 59.7 Å². The summed E-state index contributed by atoms with van der Waals surface area (Å²) in [4.78, 5) is 16.6. The van der Waals surface area contributed by atoms with Crippen LogP contribution in [0.1, 0.15) is 37.4 Å². The van der Waals surface area contributed by atoms with Gasteiger partial charge in [0.05, 0.1) is 16.8 Å². The topological polar surface area (TPSA) is 87.6 Å². The summed E-state index contributed by atoms with van der Waals surface area (Å²) in [6, 6.07) is 8.35. The van der Waals surface area contributed by atoms with Gasteiger partial charge in [-0.25, -0.2) is 17.6 Å². The Balaban J connectivity index is 2.72. The van der Waals surface area contributed by atoms with Crippen molar-refractivity contribution in [2.24, 2.45) is 0 Å². The zero-order chi connectivity index (χ0) is 19.7. The maximum Gasteiger partial charge on any atom is 0.409 e. The Kier molecular flexibility index (Phi) is 5.36. The van der Waals surface area contributed by atoms with Gasteiger partial charge in [-0.2, -0.15) is 0 Å². The number of carbonyl (C=O) groups is 1. The normalized spacial score (nSPS) is 13.3. The van der Waals surface area contributed by atoms with E-state index in [1.54, 1.807) is 32.9 Å². The van der Waals surface area contributed by atoms with Crippen molar-refractivity contribution in [3.63, 3.8) is 0 Å². The molecule has 0 aliphatic carbocycles. The lowest BCUT2D eigenvalue weighted by Crippen LogP contribution is -2.49. The van der Waals surface area contributed by atoms with E-state index in [0.29, 0.717) is 0 Å². The Hall–Kier alpha value is -2.48. The molecular formula is C18H21FN2O4S. The van der Waals surface area contributed by atoms with E-state index < -0.39 is 32.7 Å². The fraction of sp³-hybridized carbons (Fsp3) is 0.333. The highest BCUT2D eigenvalue weighted by Gasteiger charge is 2.43. The molecule has 1 heterocycles. The van der Waals surface area contributed by atoms with Gasteiger partial charge in [0.25, 0.3) is 0 Å². The number of hydrogen-bond donors (Lipinski definition) is 1. The molecule has 0 saturated heterocycles. The van der Waals surface area contributed by atoms with E-state index in [1.807, 2.05) is 6.92 Å². The van der Waals surface area contributed by atoms with Crippen LogP contribution in [0.2, 0.25) is 0 Å². The highest BCUT2D eigenvalue weighted by atomic mass is 32.2. The molecule has 2 rings (SSSR count). The van der Waals surface area contributed by atoms with E-state index in [1.165, 1.54) is 18.2 Å². The van der Waals surface area contributed by atoms with Crippen molar-refractivity contribution in [1.29, 1.82) is 0 Å². The molecule has 0 spiro atoms. The fourth-order valence-corrected chi connectivity index (χ4v) is 4.47. The van der Waals surface area contributed by atoms with E-state index in [-0.39, 0.29) is 10.6 Å². The fourth-order valence-electron chi connectivity index (χ4n) is 2.56. The Morgan fingerprint density at radius 3 is 2.15 bits per heavy atom. The third-order valence-corrected chi connectivity index (χ3v) is 5.78. The number of benzene rings is 1. The van der Waals surface area contributed by atoms with Gasteiger partial charge >= 0.3 is 6.09 Å². The number of aryl methyl sites for hydroxylation is 1. The molecule has 0 saturated carbocycles. The van der Waals surface area contributed by atoms with E-state index >= 15 is 0 Å². The smallest absolute Gasteiger partial charge is 0.409 e. The molecule has 8 heteroatoms. The Bertz CT molecular complexity index is 888. The van der Waals surface area contributed by atoms with Crippen LogP contribution in [0.15, 0.2) is 47.5 Å². The summed E-state index contributed by atoms with van der Waals surface area (Å²) in [6.45, 7) is 6.57. The lowest BCUT2D eigenvalue weighted by atomic mass is 10.1. The summed E-state index contributed by atoms with van der Waals surface area (Å²) in [5.41, 5.74) is -0.236. The van der Waals surface area contributed by atoms with Gasteiger partial charge in [-0.15, -0.1) is 0 Å². The Morgan fingerprint density at radius 1 is 1.15 bits per heavy atom. The number of rotatable bonds is 4. The average molecular weight is 380 g/mol. The lowest BCUT2D eigenvalue weighted by Gasteiger charge is -2.38. The monoisotopic (exact) mass is 380 g/mol. The van der Waals surface area contributed by atoms with Gasteiger partial charge in [-0.05, 0) is 52.0 Å². The molecule has 0 aliphatic rings. The van der Waals surface area contributed by atoms with Crippen molar-refractivity contribution in [2.75, 3.05) is 0 Å². The maximum absolute atomic E-state index is 13.3. The van der Waals surface area contributed by atoms with E-state index in [2.05, 4.69) is 4.98 Å². The molecule has 0 bridgehead atoms. The van der Waals surface area contributed by atoms with Gasteiger partial charge in [0.15, 0.2) is 5.37 Å². The van der Waals surface area contributed by atoms with Gasteiger partial charge in [-0.3, -0.25) is 9.88 Å². The molecule has 140 valence electrons. The van der Waals surface area contributed by atoms with Crippen LogP contribution in [0.4, 0.5) is 9.18 Å². The third kappa shape index (κ3) is 4.01. The molecule has 1 N–H and O–H groups in total. The number of amides is 1. The van der Waals surface area contributed by atoms with Crippen LogP contribution in [-0.4, -0.2) is 35.0 Å². The molecule has 0 radical (unpaired) electrons. The second-order valence-electron chi connectivity index (χ2n) is 6.94. The van der Waals surface area contributed by atoms with Crippen molar-refractivity contribution in [3.8, 4) is 0 Å². The molecule has 6 nitrogen and oxygen atoms in total. The second kappa shape index (κ2) is 7.03. The van der Waals surface area contributed by atoms with Crippen molar-refractivity contribution < 1.29 is 22.7 Å². The first-order valence-corrected chi connectivity index (χ1v) is 9.43. The first-order valence-electron chi connectivity index (χ1n) is 7.89. The quantitative estimate of drug-likeness (QED) is 0.872. The SMILES string of the molecule is Cc1ccc(S(=O)(=O)C(c2ccc(F)cn2)N(C(=O)O)C(C)(C)C)cc1. The van der Waals surface area contributed by atoms with Crippen LogP contribution in [0.3, 0.4) is 0 Å². The van der Waals surface area contributed by atoms with E-state index in [9.17, 15) is 22.7 Å². The summed E-state index contributed by atoms with van der Waals surface area (Å²) in [5.74, 6) is -0.641. The van der Waals surface area contributed by atoms with Crippen molar-refractivity contribution >= 4 is 15.9 Å². The van der Waals surface area contributed by atoms with E-state index in [0.717, 1.165) is 22.7 Å². The highest BCUT2D eigenvalue weighted by Crippen LogP contribution is 2.36. The number of aromatic nitrogens is 1. The standard InChI is InChI=1S/C18H21FN2O4S/c1-12-5-8-14(9-6-12)26(24,25)16(15-10-7-13(19)11-20-15)21(17(22)23)18(2,3)4/h5-11,16H,1-4H3,(H,22,23). The minimum Gasteiger partial charge on any atom is -0.465 e. The van der Waals surface area contributed by atoms with Crippen LogP contribution in [-0.2, 0) is 9.84 Å². The summed E-state index contributed by atoms with van der Waals surface area (Å²) in [6.07, 6.45) is -0.542. The van der Waals surface area contributed by atoms with Gasteiger partial charge in [0.1, 0.15) is 5.82 Å². The first-order chi connectivity index (χ1) is 11.9. The van der Waals surface area contributed by atoms with E-state index in [4.69, 9.17) is 0 Å². The molecule has 1 amide bonds.